The lowest BCUT2D eigenvalue weighted by Gasteiger charge is -2.16. The highest BCUT2D eigenvalue weighted by Gasteiger charge is 2.23. The fraction of sp³-hybridized carbons (Fsp3) is 0.300. The molecule has 74 valence electrons. The second-order valence-electron chi connectivity index (χ2n) is 3.25. The van der Waals surface area contributed by atoms with Crippen molar-refractivity contribution in [2.75, 3.05) is 0 Å². The number of Topliss-reactive ketones (excluding diaryl/α,β-unsaturated/α-hetero) is 1. The zero-order valence-electron chi connectivity index (χ0n) is 7.35. The van der Waals surface area contributed by atoms with Gasteiger partial charge >= 0.3 is 0 Å². The minimum atomic E-state index is -0.0323. The molecule has 0 saturated heterocycles. The van der Waals surface area contributed by atoms with Crippen LogP contribution in [-0.4, -0.2) is 5.78 Å². The van der Waals surface area contributed by atoms with Crippen molar-refractivity contribution in [1.29, 1.82) is 0 Å². The Morgan fingerprint density at radius 3 is 2.86 bits per heavy atom. The number of hydrogen-bond donors (Lipinski definition) is 0. The first-order valence-electron chi connectivity index (χ1n) is 4.37. The van der Waals surface area contributed by atoms with E-state index in [1.807, 2.05) is 0 Å². The molecular weight excluding hydrogens is 207 g/mol. The van der Waals surface area contributed by atoms with Crippen LogP contribution in [0.25, 0.3) is 0 Å². The molecule has 0 spiro atoms. The van der Waals surface area contributed by atoms with Crippen LogP contribution in [0.3, 0.4) is 0 Å². The van der Waals surface area contributed by atoms with Gasteiger partial charge in [0.25, 0.3) is 0 Å². The Balaban J connectivity index is 2.63. The predicted octanol–water partition coefficient (Wildman–Crippen LogP) is 3.12. The number of fused-ring (bicyclic) bond motifs is 1. The molecule has 0 aromatic heterocycles. The smallest absolute Gasteiger partial charge is 0.175 e. The molecule has 2 rings (SSSR count). The Morgan fingerprint density at radius 2 is 2.14 bits per heavy atom. The molecule has 0 saturated carbocycles. The monoisotopic (exact) mass is 214 g/mol. The number of rotatable bonds is 1. The van der Waals surface area contributed by atoms with Crippen LogP contribution in [0.2, 0.25) is 5.02 Å². The minimum Gasteiger partial charge on any atom is -0.294 e. The van der Waals surface area contributed by atoms with Gasteiger partial charge in [-0.15, -0.1) is 0 Å². The Morgan fingerprint density at radius 1 is 1.36 bits per heavy atom. The summed E-state index contributed by atoms with van der Waals surface area (Å²) in [5.74, 6) is 0.0765. The molecule has 1 aromatic carbocycles. The van der Waals surface area contributed by atoms with E-state index in [1.54, 1.807) is 0 Å². The van der Waals surface area contributed by atoms with Crippen LogP contribution >= 0.6 is 11.6 Å². The summed E-state index contributed by atoms with van der Waals surface area (Å²) in [7, 11) is 0. The third-order valence-electron chi connectivity index (χ3n) is 2.41. The van der Waals surface area contributed by atoms with Crippen molar-refractivity contribution in [1.82, 2.24) is 0 Å². The van der Waals surface area contributed by atoms with Crippen LogP contribution in [0.15, 0.2) is 12.1 Å². The summed E-state index contributed by atoms with van der Waals surface area (Å²) in [5.41, 5.74) is 1.02. The standard InChI is InChI=1S/C10H8ClFO2/c11-7-4-5-9(14-12)6-2-1-3-8(13)10(6)7/h4-5H,1-3H2. The van der Waals surface area contributed by atoms with Gasteiger partial charge in [-0.1, -0.05) is 11.6 Å². The molecule has 0 heterocycles. The fourth-order valence-corrected chi connectivity index (χ4v) is 2.06. The molecular formula is C10H8ClFO2. The Hall–Kier alpha value is -1.09. The molecule has 1 aromatic rings. The third-order valence-corrected chi connectivity index (χ3v) is 2.73. The van der Waals surface area contributed by atoms with E-state index >= 15 is 0 Å². The first kappa shape index (κ1) is 9.46. The maximum Gasteiger partial charge on any atom is 0.175 e. The lowest BCUT2D eigenvalue weighted by molar-refractivity contribution is -0.00752. The van der Waals surface area contributed by atoms with Gasteiger partial charge in [-0.3, -0.25) is 9.74 Å². The van der Waals surface area contributed by atoms with E-state index < -0.39 is 0 Å². The highest BCUT2D eigenvalue weighted by atomic mass is 35.5. The van der Waals surface area contributed by atoms with Crippen LogP contribution in [0, 0.1) is 0 Å². The van der Waals surface area contributed by atoms with Crippen LogP contribution < -0.4 is 4.94 Å². The van der Waals surface area contributed by atoms with Gasteiger partial charge < -0.3 is 0 Å². The molecule has 14 heavy (non-hydrogen) atoms. The zero-order chi connectivity index (χ0) is 10.1. The summed E-state index contributed by atoms with van der Waals surface area (Å²) in [4.78, 5) is 15.2. The van der Waals surface area contributed by atoms with Crippen LogP contribution in [0.1, 0.15) is 28.8 Å². The van der Waals surface area contributed by atoms with Crippen molar-refractivity contribution < 1.29 is 14.3 Å². The summed E-state index contributed by atoms with van der Waals surface area (Å²) in [6.45, 7) is 0. The summed E-state index contributed by atoms with van der Waals surface area (Å²) in [5, 5.41) is 0.380. The number of carbonyl (C=O) groups excluding carboxylic acids is 1. The fourth-order valence-electron chi connectivity index (χ4n) is 1.77. The van der Waals surface area contributed by atoms with Gasteiger partial charge in [-0.2, -0.15) is 0 Å². The van der Waals surface area contributed by atoms with Crippen molar-refractivity contribution in [3.05, 3.63) is 28.3 Å². The predicted molar refractivity (Wildman–Crippen MR) is 50.5 cm³/mol. The average molecular weight is 215 g/mol. The highest BCUT2D eigenvalue weighted by molar-refractivity contribution is 6.34. The molecule has 0 fully saturated rings. The van der Waals surface area contributed by atoms with E-state index in [2.05, 4.69) is 4.94 Å². The maximum absolute atomic E-state index is 12.1. The number of ketones is 1. The zero-order valence-corrected chi connectivity index (χ0v) is 8.10. The van der Waals surface area contributed by atoms with Crippen molar-refractivity contribution in [3.63, 3.8) is 0 Å². The van der Waals surface area contributed by atoms with E-state index in [1.165, 1.54) is 12.1 Å². The largest absolute Gasteiger partial charge is 0.294 e. The van der Waals surface area contributed by atoms with Gasteiger partial charge in [0.2, 0.25) is 0 Å². The topological polar surface area (TPSA) is 26.3 Å². The van der Waals surface area contributed by atoms with Gasteiger partial charge in [0.15, 0.2) is 11.5 Å². The Bertz CT molecular complexity index is 390. The summed E-state index contributed by atoms with van der Waals surface area (Å²) >= 11 is 5.87. The molecule has 0 atom stereocenters. The Kier molecular flexibility index (Phi) is 2.42. The van der Waals surface area contributed by atoms with Gasteiger partial charge in [-0.05, 0) is 25.0 Å². The summed E-state index contributed by atoms with van der Waals surface area (Å²) in [6.07, 6.45) is 1.84. The van der Waals surface area contributed by atoms with Crippen LogP contribution in [0.5, 0.6) is 5.75 Å². The van der Waals surface area contributed by atoms with E-state index in [4.69, 9.17) is 11.6 Å². The van der Waals surface area contributed by atoms with E-state index in [9.17, 15) is 9.32 Å². The SMILES string of the molecule is O=C1CCCc2c(OF)ccc(Cl)c21. The second-order valence-corrected chi connectivity index (χ2v) is 3.66. The quantitative estimate of drug-likeness (QED) is 0.718. The van der Waals surface area contributed by atoms with E-state index in [-0.39, 0.29) is 11.5 Å². The summed E-state index contributed by atoms with van der Waals surface area (Å²) < 4.78 is 12.1. The molecule has 2 nitrogen and oxygen atoms in total. The normalized spacial score (nSPS) is 15.1. The molecule has 0 bridgehead atoms. The van der Waals surface area contributed by atoms with Crippen LogP contribution in [-0.2, 0) is 6.42 Å². The molecule has 0 radical (unpaired) electrons. The van der Waals surface area contributed by atoms with Gasteiger partial charge in [0.05, 0.1) is 5.02 Å². The highest BCUT2D eigenvalue weighted by Crippen LogP contribution is 2.34. The van der Waals surface area contributed by atoms with Crippen molar-refractivity contribution in [3.8, 4) is 5.75 Å². The van der Waals surface area contributed by atoms with E-state index in [0.29, 0.717) is 29.0 Å². The lowest BCUT2D eigenvalue weighted by atomic mass is 9.90. The minimum absolute atomic E-state index is 0.0323. The third kappa shape index (κ3) is 1.38. The van der Waals surface area contributed by atoms with Crippen molar-refractivity contribution in [2.24, 2.45) is 0 Å². The average Bonchev–Trinajstić information content (AvgIpc) is 2.18. The first-order chi connectivity index (χ1) is 6.74. The first-order valence-corrected chi connectivity index (χ1v) is 4.75. The lowest BCUT2D eigenvalue weighted by Crippen LogP contribution is -2.12. The number of hydrogen-bond acceptors (Lipinski definition) is 2. The van der Waals surface area contributed by atoms with Gasteiger partial charge in [0.1, 0.15) is 0 Å². The molecule has 1 aliphatic carbocycles. The maximum atomic E-state index is 12.1. The van der Waals surface area contributed by atoms with Crippen molar-refractivity contribution >= 4 is 17.4 Å². The molecule has 1 aliphatic rings. The summed E-state index contributed by atoms with van der Waals surface area (Å²) in [6, 6.07) is 2.93. The number of carbonyl (C=O) groups is 1. The Labute approximate surface area is 85.5 Å². The number of benzene rings is 1. The number of halogens is 2. The molecule has 0 amide bonds. The second kappa shape index (κ2) is 3.58. The molecule has 4 heteroatoms. The van der Waals surface area contributed by atoms with Crippen molar-refractivity contribution in [2.45, 2.75) is 19.3 Å². The van der Waals surface area contributed by atoms with Crippen LogP contribution in [0.4, 0.5) is 4.53 Å². The molecule has 0 N–H and O–H groups in total. The van der Waals surface area contributed by atoms with E-state index in [0.717, 1.165) is 6.42 Å². The molecule has 0 aliphatic heterocycles. The van der Waals surface area contributed by atoms with Gasteiger partial charge in [-0.25, -0.2) is 0 Å². The van der Waals surface area contributed by atoms with Gasteiger partial charge in [0, 0.05) is 22.1 Å². The molecule has 0 unspecified atom stereocenters.